The second-order valence-electron chi connectivity index (χ2n) is 10.00. The van der Waals surface area contributed by atoms with Gasteiger partial charge in [-0.15, -0.1) is 0 Å². The molecule has 0 spiro atoms. The molecule has 36 heavy (non-hydrogen) atoms. The zero-order chi connectivity index (χ0) is 24.8. The van der Waals surface area contributed by atoms with Crippen LogP contribution in [0, 0.1) is 5.82 Å². The number of halogens is 1. The molecule has 1 aromatic carbocycles. The minimum atomic E-state index is -0.455. The van der Waals surface area contributed by atoms with Crippen molar-refractivity contribution in [3.63, 3.8) is 0 Å². The van der Waals surface area contributed by atoms with E-state index >= 15 is 0 Å². The fourth-order valence-electron chi connectivity index (χ4n) is 5.38. The average molecular weight is 495 g/mol. The standard InChI is InChI=1S/C26H31FN6O3/c1-30-9-4-5-11-36-22-8-7-17(27)12-19(22)26(35)32-10-3-2-6-21(32)20-13-24-28-23(31-15-18(34)16-31)14-25(30)33(24)29-20/h7-8,12-14,18,21,34H,2-6,9-11,15-16H2,1H3. The molecule has 1 unspecified atom stereocenters. The maximum Gasteiger partial charge on any atom is 0.258 e. The zero-order valence-electron chi connectivity index (χ0n) is 20.4. The first-order chi connectivity index (χ1) is 17.5. The van der Waals surface area contributed by atoms with Crippen LogP contribution in [0.4, 0.5) is 16.0 Å². The van der Waals surface area contributed by atoms with Crippen LogP contribution in [-0.2, 0) is 0 Å². The Morgan fingerprint density at radius 3 is 2.75 bits per heavy atom. The maximum atomic E-state index is 14.2. The lowest BCUT2D eigenvalue weighted by Gasteiger charge is -2.37. The van der Waals surface area contributed by atoms with Gasteiger partial charge in [0.25, 0.3) is 5.91 Å². The van der Waals surface area contributed by atoms with Gasteiger partial charge >= 0.3 is 0 Å². The summed E-state index contributed by atoms with van der Waals surface area (Å²) in [6.07, 6.45) is 3.96. The molecule has 0 radical (unpaired) electrons. The van der Waals surface area contributed by atoms with Gasteiger partial charge in [-0.3, -0.25) is 4.79 Å². The Hall–Kier alpha value is -3.40. The Bertz CT molecular complexity index is 1290. The Kier molecular flexibility index (Phi) is 5.91. The van der Waals surface area contributed by atoms with Gasteiger partial charge in [-0.2, -0.15) is 9.61 Å². The third-order valence-electron chi connectivity index (χ3n) is 7.41. The minimum Gasteiger partial charge on any atom is -0.493 e. The van der Waals surface area contributed by atoms with Crippen LogP contribution in [0.25, 0.3) is 5.65 Å². The van der Waals surface area contributed by atoms with Crippen LogP contribution in [0.2, 0.25) is 0 Å². The number of benzene rings is 1. The SMILES string of the molecule is CN1CCCCOc2ccc(F)cc2C(=O)N2CCCCC2c2cc3nc(N4CC(O)C4)cc1n3n2. The summed E-state index contributed by atoms with van der Waals surface area (Å²) in [6, 6.07) is 7.93. The van der Waals surface area contributed by atoms with E-state index in [0.29, 0.717) is 37.6 Å². The number of rotatable bonds is 1. The van der Waals surface area contributed by atoms with Gasteiger partial charge in [0.15, 0.2) is 5.65 Å². The van der Waals surface area contributed by atoms with E-state index in [1.165, 1.54) is 12.1 Å². The molecule has 0 saturated carbocycles. The van der Waals surface area contributed by atoms with Crippen molar-refractivity contribution >= 4 is 23.2 Å². The van der Waals surface area contributed by atoms with Crippen LogP contribution >= 0.6 is 0 Å². The molecule has 1 amide bonds. The first kappa shape index (κ1) is 23.0. The Morgan fingerprint density at radius 1 is 1.08 bits per heavy atom. The first-order valence-corrected chi connectivity index (χ1v) is 12.8. The number of nitrogens with zero attached hydrogens (tertiary/aromatic N) is 6. The van der Waals surface area contributed by atoms with Crippen LogP contribution < -0.4 is 14.5 Å². The number of amides is 1. The first-order valence-electron chi connectivity index (χ1n) is 12.8. The van der Waals surface area contributed by atoms with Crippen LogP contribution in [0.3, 0.4) is 0 Å². The normalized spacial score (nSPS) is 21.5. The second-order valence-corrected chi connectivity index (χ2v) is 10.00. The molecule has 10 heteroatoms. The van der Waals surface area contributed by atoms with E-state index in [4.69, 9.17) is 14.8 Å². The van der Waals surface area contributed by atoms with Crippen LogP contribution in [0.1, 0.15) is 54.2 Å². The smallest absolute Gasteiger partial charge is 0.258 e. The van der Waals surface area contributed by atoms with Crippen molar-refractivity contribution < 1.29 is 19.0 Å². The van der Waals surface area contributed by atoms with Gasteiger partial charge in [-0.25, -0.2) is 9.37 Å². The summed E-state index contributed by atoms with van der Waals surface area (Å²) in [7, 11) is 2.04. The lowest BCUT2D eigenvalue weighted by atomic mass is 9.98. The second kappa shape index (κ2) is 9.24. The van der Waals surface area contributed by atoms with E-state index in [-0.39, 0.29) is 23.6 Å². The molecule has 2 fully saturated rings. The molecule has 1 atom stereocenters. The molecule has 3 aromatic rings. The molecule has 6 rings (SSSR count). The van der Waals surface area contributed by atoms with Gasteiger partial charge in [0.05, 0.1) is 30.0 Å². The predicted molar refractivity (Wildman–Crippen MR) is 133 cm³/mol. The Balaban J connectivity index is 1.46. The molecule has 2 saturated heterocycles. The van der Waals surface area contributed by atoms with Gasteiger partial charge in [-0.05, 0) is 50.3 Å². The molecular weight excluding hydrogens is 463 g/mol. The van der Waals surface area contributed by atoms with Gasteiger partial charge in [-0.1, -0.05) is 0 Å². The highest BCUT2D eigenvalue weighted by molar-refractivity contribution is 5.97. The number of hydrogen-bond donors (Lipinski definition) is 1. The van der Waals surface area contributed by atoms with E-state index < -0.39 is 5.82 Å². The zero-order valence-corrected chi connectivity index (χ0v) is 20.4. The Labute approximate surface area is 209 Å². The number of hydrogen-bond acceptors (Lipinski definition) is 7. The quantitative estimate of drug-likeness (QED) is 0.557. The minimum absolute atomic E-state index is 0.235. The number of aliphatic hydroxyl groups is 1. The number of aliphatic hydroxyl groups excluding tert-OH is 1. The highest BCUT2D eigenvalue weighted by Crippen LogP contribution is 2.35. The van der Waals surface area contributed by atoms with Gasteiger partial charge in [0, 0.05) is 45.4 Å². The maximum absolute atomic E-state index is 14.2. The number of aromatic nitrogens is 3. The van der Waals surface area contributed by atoms with Crippen molar-refractivity contribution in [2.75, 3.05) is 49.6 Å². The third kappa shape index (κ3) is 4.13. The average Bonchev–Trinajstić information content (AvgIpc) is 3.29. The summed E-state index contributed by atoms with van der Waals surface area (Å²) in [5.74, 6) is 1.46. The molecule has 9 nitrogen and oxygen atoms in total. The predicted octanol–water partition coefficient (Wildman–Crippen LogP) is 3.03. The van der Waals surface area contributed by atoms with Crippen LogP contribution in [0.5, 0.6) is 5.75 Å². The molecule has 3 aliphatic heterocycles. The highest BCUT2D eigenvalue weighted by atomic mass is 19.1. The van der Waals surface area contributed by atoms with Crippen molar-refractivity contribution in [1.82, 2.24) is 19.5 Å². The number of fused-ring (bicyclic) bond motifs is 4. The fraction of sp³-hybridized carbons (Fsp3) is 0.500. The van der Waals surface area contributed by atoms with E-state index in [2.05, 4.69) is 9.80 Å². The third-order valence-corrected chi connectivity index (χ3v) is 7.41. The molecular formula is C26H31FN6O3. The molecule has 3 aliphatic rings. The summed E-state index contributed by atoms with van der Waals surface area (Å²) in [5.41, 5.74) is 1.75. The fourth-order valence-corrected chi connectivity index (χ4v) is 5.38. The summed E-state index contributed by atoms with van der Waals surface area (Å²) in [4.78, 5) is 24.6. The van der Waals surface area contributed by atoms with Crippen molar-refractivity contribution in [3.8, 4) is 5.75 Å². The topological polar surface area (TPSA) is 86.4 Å². The lowest BCUT2D eigenvalue weighted by Crippen LogP contribution is -2.51. The molecule has 1 N–H and O–H groups in total. The van der Waals surface area contributed by atoms with Gasteiger partial charge in [0.2, 0.25) is 0 Å². The molecule has 190 valence electrons. The molecule has 0 aliphatic carbocycles. The number of piperidine rings is 1. The molecule has 2 aromatic heterocycles. The highest BCUT2D eigenvalue weighted by Gasteiger charge is 2.33. The van der Waals surface area contributed by atoms with Crippen LogP contribution in [-0.4, -0.2) is 76.4 Å². The van der Waals surface area contributed by atoms with Gasteiger partial charge in [0.1, 0.15) is 23.2 Å². The number of ether oxygens (including phenoxy) is 1. The Morgan fingerprint density at radius 2 is 1.92 bits per heavy atom. The summed E-state index contributed by atoms with van der Waals surface area (Å²) in [5, 5.41) is 14.8. The summed E-state index contributed by atoms with van der Waals surface area (Å²) in [6.45, 7) is 2.92. The number of β-amino-alcohol motifs (C(OH)–C–C–N with tert-alkyl or cyclic N) is 1. The van der Waals surface area contributed by atoms with Crippen molar-refractivity contribution in [2.45, 2.75) is 44.2 Å². The molecule has 2 bridgehead atoms. The number of carbonyl (C=O) groups is 1. The van der Waals surface area contributed by atoms with Crippen molar-refractivity contribution in [3.05, 3.63) is 47.4 Å². The van der Waals surface area contributed by atoms with Gasteiger partial charge < -0.3 is 24.5 Å². The number of carbonyl (C=O) groups excluding carboxylic acids is 1. The summed E-state index contributed by atoms with van der Waals surface area (Å²) < 4.78 is 22.0. The molecule has 5 heterocycles. The van der Waals surface area contributed by atoms with E-state index in [1.807, 2.05) is 28.6 Å². The van der Waals surface area contributed by atoms with Crippen molar-refractivity contribution in [1.29, 1.82) is 0 Å². The largest absolute Gasteiger partial charge is 0.493 e. The number of anilines is 2. The van der Waals surface area contributed by atoms with Crippen LogP contribution in [0.15, 0.2) is 30.3 Å². The lowest BCUT2D eigenvalue weighted by molar-refractivity contribution is 0.0600. The summed E-state index contributed by atoms with van der Waals surface area (Å²) >= 11 is 0. The van der Waals surface area contributed by atoms with E-state index in [0.717, 1.165) is 56.0 Å². The van der Waals surface area contributed by atoms with Crippen molar-refractivity contribution in [2.24, 2.45) is 0 Å². The monoisotopic (exact) mass is 494 g/mol. The van der Waals surface area contributed by atoms with E-state index in [1.54, 1.807) is 6.07 Å². The van der Waals surface area contributed by atoms with E-state index in [9.17, 15) is 14.3 Å².